The van der Waals surface area contributed by atoms with Gasteiger partial charge in [-0.3, -0.25) is 4.79 Å². The molecule has 3 rings (SSSR count). The molecule has 6 heteroatoms. The summed E-state index contributed by atoms with van der Waals surface area (Å²) in [4.78, 5) is 14.2. The minimum absolute atomic E-state index is 0.176. The van der Waals surface area contributed by atoms with Gasteiger partial charge < -0.3 is 15.1 Å². The lowest BCUT2D eigenvalue weighted by Gasteiger charge is -2.39. The van der Waals surface area contributed by atoms with Crippen LogP contribution in [0.5, 0.6) is 0 Å². The Morgan fingerprint density at radius 1 is 1.26 bits per heavy atom. The van der Waals surface area contributed by atoms with Gasteiger partial charge in [0.25, 0.3) is 5.56 Å². The molecule has 1 saturated heterocycles. The van der Waals surface area contributed by atoms with E-state index >= 15 is 0 Å². The number of benzene rings is 1. The molecule has 1 aliphatic heterocycles. The van der Waals surface area contributed by atoms with E-state index < -0.39 is 5.60 Å². The van der Waals surface area contributed by atoms with E-state index in [-0.39, 0.29) is 12.2 Å². The highest BCUT2D eigenvalue weighted by molar-refractivity contribution is 5.44. The maximum atomic E-state index is 12.3. The molecule has 2 N–H and O–H groups in total. The molecule has 1 atom stereocenters. The van der Waals surface area contributed by atoms with Crippen molar-refractivity contribution in [3.63, 3.8) is 0 Å². The van der Waals surface area contributed by atoms with Crippen LogP contribution in [-0.2, 0) is 6.54 Å². The summed E-state index contributed by atoms with van der Waals surface area (Å²) in [6, 6.07) is 11.2. The average Bonchev–Trinajstić information content (AvgIpc) is 2.58. The first-order valence-electron chi connectivity index (χ1n) is 7.79. The van der Waals surface area contributed by atoms with Crippen molar-refractivity contribution in [3.8, 4) is 0 Å². The van der Waals surface area contributed by atoms with E-state index in [2.05, 4.69) is 5.10 Å². The molecule has 2 aromatic rings. The number of hydrogen-bond donors (Lipinski definition) is 2. The van der Waals surface area contributed by atoms with Crippen LogP contribution in [-0.4, -0.2) is 45.3 Å². The Balaban J connectivity index is 1.78. The highest BCUT2D eigenvalue weighted by atomic mass is 16.3. The molecule has 6 nitrogen and oxygen atoms in total. The highest BCUT2D eigenvalue weighted by Crippen LogP contribution is 2.24. The monoisotopic (exact) mass is 315 g/mol. The van der Waals surface area contributed by atoms with Crippen molar-refractivity contribution in [1.29, 1.82) is 0 Å². The minimum Gasteiger partial charge on any atom is -0.393 e. The minimum atomic E-state index is -1.10. The van der Waals surface area contributed by atoms with Crippen LogP contribution in [0.15, 0.2) is 47.4 Å². The fourth-order valence-electron chi connectivity index (χ4n) is 2.93. The van der Waals surface area contributed by atoms with Gasteiger partial charge in [0.1, 0.15) is 5.60 Å². The summed E-state index contributed by atoms with van der Waals surface area (Å²) >= 11 is 0. The molecule has 23 heavy (non-hydrogen) atoms. The SMILES string of the molecule is O=c1cc(N2CCCC(O)(CO)C2)cnn1Cc1ccccc1. The lowest BCUT2D eigenvalue weighted by molar-refractivity contribution is -0.0241. The van der Waals surface area contributed by atoms with Gasteiger partial charge in [-0.15, -0.1) is 0 Å². The quantitative estimate of drug-likeness (QED) is 0.864. The molecule has 122 valence electrons. The van der Waals surface area contributed by atoms with Crippen LogP contribution >= 0.6 is 0 Å². The van der Waals surface area contributed by atoms with Crippen LogP contribution in [0.1, 0.15) is 18.4 Å². The fourth-order valence-corrected chi connectivity index (χ4v) is 2.93. The molecule has 0 spiro atoms. The first kappa shape index (κ1) is 15.7. The molecule has 0 bridgehead atoms. The zero-order chi connectivity index (χ0) is 16.3. The Morgan fingerprint density at radius 3 is 2.74 bits per heavy atom. The number of aliphatic hydroxyl groups excluding tert-OH is 1. The molecule has 1 aromatic heterocycles. The number of nitrogens with zero attached hydrogens (tertiary/aromatic N) is 3. The number of aromatic nitrogens is 2. The summed E-state index contributed by atoms with van der Waals surface area (Å²) in [6.07, 6.45) is 2.98. The van der Waals surface area contributed by atoms with Crippen LogP contribution in [0.2, 0.25) is 0 Å². The normalized spacial score (nSPS) is 21.4. The molecule has 1 aliphatic rings. The molecule has 0 saturated carbocycles. The van der Waals surface area contributed by atoms with Gasteiger partial charge in [0, 0.05) is 19.2 Å². The second-order valence-electron chi connectivity index (χ2n) is 6.10. The summed E-state index contributed by atoms with van der Waals surface area (Å²) in [5.74, 6) is 0. The molecule has 0 aliphatic carbocycles. The summed E-state index contributed by atoms with van der Waals surface area (Å²) in [7, 11) is 0. The van der Waals surface area contributed by atoms with Crippen LogP contribution in [0.3, 0.4) is 0 Å². The van der Waals surface area contributed by atoms with Crippen molar-refractivity contribution in [3.05, 3.63) is 58.5 Å². The Bertz CT molecular complexity index is 717. The van der Waals surface area contributed by atoms with E-state index in [0.717, 1.165) is 18.5 Å². The summed E-state index contributed by atoms with van der Waals surface area (Å²) in [5.41, 5.74) is 0.426. The predicted octanol–water partition coefficient (Wildman–Crippen LogP) is 0.615. The van der Waals surface area contributed by atoms with Crippen LogP contribution in [0, 0.1) is 0 Å². The summed E-state index contributed by atoms with van der Waals surface area (Å²) in [6.45, 7) is 1.21. The smallest absolute Gasteiger partial charge is 0.269 e. The lowest BCUT2D eigenvalue weighted by Crippen LogP contribution is -2.50. The maximum absolute atomic E-state index is 12.3. The van der Waals surface area contributed by atoms with E-state index in [1.54, 1.807) is 12.3 Å². The van der Waals surface area contributed by atoms with E-state index in [9.17, 15) is 15.0 Å². The number of piperidine rings is 1. The first-order chi connectivity index (χ1) is 11.1. The molecular weight excluding hydrogens is 294 g/mol. The number of anilines is 1. The summed E-state index contributed by atoms with van der Waals surface area (Å²) < 4.78 is 1.42. The van der Waals surface area contributed by atoms with Crippen molar-refractivity contribution in [2.24, 2.45) is 0 Å². The van der Waals surface area contributed by atoms with Gasteiger partial charge in [0.2, 0.25) is 0 Å². The molecule has 0 radical (unpaired) electrons. The van der Waals surface area contributed by atoms with Crippen molar-refractivity contribution < 1.29 is 10.2 Å². The second-order valence-corrected chi connectivity index (χ2v) is 6.10. The molecule has 1 fully saturated rings. The van der Waals surface area contributed by atoms with Crippen LogP contribution in [0.25, 0.3) is 0 Å². The topological polar surface area (TPSA) is 78.6 Å². The Morgan fingerprint density at radius 2 is 2.04 bits per heavy atom. The van der Waals surface area contributed by atoms with Crippen molar-refractivity contribution >= 4 is 5.69 Å². The zero-order valence-electron chi connectivity index (χ0n) is 12.9. The van der Waals surface area contributed by atoms with Crippen molar-refractivity contribution in [2.45, 2.75) is 25.0 Å². The largest absolute Gasteiger partial charge is 0.393 e. The Labute approximate surface area is 134 Å². The first-order valence-corrected chi connectivity index (χ1v) is 7.79. The van der Waals surface area contributed by atoms with Gasteiger partial charge >= 0.3 is 0 Å². The standard InChI is InChI=1S/C17H21N3O3/c21-13-17(23)7-4-8-19(12-17)15-9-16(22)20(18-10-15)11-14-5-2-1-3-6-14/h1-3,5-6,9-10,21,23H,4,7-8,11-13H2. The fraction of sp³-hybridized carbons (Fsp3) is 0.412. The molecular formula is C17H21N3O3. The van der Waals surface area contributed by atoms with Crippen LogP contribution < -0.4 is 10.5 Å². The van der Waals surface area contributed by atoms with Gasteiger partial charge in [-0.2, -0.15) is 5.10 Å². The molecule has 0 amide bonds. The Kier molecular flexibility index (Phi) is 4.45. The molecule has 2 heterocycles. The van der Waals surface area contributed by atoms with Crippen molar-refractivity contribution in [2.75, 3.05) is 24.6 Å². The average molecular weight is 315 g/mol. The predicted molar refractivity (Wildman–Crippen MR) is 87.5 cm³/mol. The zero-order valence-corrected chi connectivity index (χ0v) is 12.9. The van der Waals surface area contributed by atoms with Gasteiger partial charge in [-0.25, -0.2) is 4.68 Å². The van der Waals surface area contributed by atoms with E-state index in [1.165, 1.54) is 4.68 Å². The lowest BCUT2D eigenvalue weighted by atomic mass is 9.93. The van der Waals surface area contributed by atoms with Crippen molar-refractivity contribution in [1.82, 2.24) is 9.78 Å². The van der Waals surface area contributed by atoms with E-state index in [1.807, 2.05) is 35.2 Å². The van der Waals surface area contributed by atoms with E-state index in [0.29, 0.717) is 25.2 Å². The number of aliphatic hydroxyl groups is 2. The third-order valence-electron chi connectivity index (χ3n) is 4.25. The Hall–Kier alpha value is -2.18. The van der Waals surface area contributed by atoms with Crippen LogP contribution in [0.4, 0.5) is 5.69 Å². The highest BCUT2D eigenvalue weighted by Gasteiger charge is 2.32. The maximum Gasteiger partial charge on any atom is 0.269 e. The van der Waals surface area contributed by atoms with Gasteiger partial charge in [0.05, 0.1) is 25.0 Å². The molecule has 1 unspecified atom stereocenters. The summed E-state index contributed by atoms with van der Waals surface area (Å²) in [5, 5.41) is 23.8. The van der Waals surface area contributed by atoms with E-state index in [4.69, 9.17) is 0 Å². The van der Waals surface area contributed by atoms with Gasteiger partial charge in [0.15, 0.2) is 0 Å². The third-order valence-corrected chi connectivity index (χ3v) is 4.25. The number of β-amino-alcohol motifs (C(OH)–C–C–N with tert-alkyl or cyclic N) is 1. The molecule has 1 aromatic carbocycles. The number of rotatable bonds is 4. The second kappa shape index (κ2) is 6.52. The van der Waals surface area contributed by atoms with Gasteiger partial charge in [-0.1, -0.05) is 30.3 Å². The van der Waals surface area contributed by atoms with Gasteiger partial charge in [-0.05, 0) is 18.4 Å². The third kappa shape index (κ3) is 3.60. The number of hydrogen-bond acceptors (Lipinski definition) is 5.